The summed E-state index contributed by atoms with van der Waals surface area (Å²) in [5, 5.41) is 13.6. The Morgan fingerprint density at radius 1 is 1.10 bits per heavy atom. The molecule has 0 radical (unpaired) electrons. The lowest BCUT2D eigenvalue weighted by Gasteiger charge is -2.38. The van der Waals surface area contributed by atoms with E-state index in [1.807, 2.05) is 37.3 Å². The van der Waals surface area contributed by atoms with E-state index in [2.05, 4.69) is 20.1 Å². The monoisotopic (exact) mass is 510 g/mol. The van der Waals surface area contributed by atoms with Gasteiger partial charge in [0.2, 0.25) is 0 Å². The lowest BCUT2D eigenvalue weighted by molar-refractivity contribution is 0.368. The van der Waals surface area contributed by atoms with Crippen molar-refractivity contribution < 1.29 is 9.50 Å². The number of nitrogens with one attached hydrogen (secondary N) is 1. The van der Waals surface area contributed by atoms with E-state index in [4.69, 9.17) is 0 Å². The van der Waals surface area contributed by atoms with Gasteiger partial charge in [-0.15, -0.1) is 24.0 Å². The molecule has 1 aliphatic heterocycles. The molecule has 0 amide bonds. The maximum absolute atomic E-state index is 14.0. The third kappa shape index (κ3) is 4.94. The Morgan fingerprint density at radius 2 is 1.79 bits per heavy atom. The summed E-state index contributed by atoms with van der Waals surface area (Å²) in [4.78, 5) is 9.13. The summed E-state index contributed by atoms with van der Waals surface area (Å²) in [5.41, 5.74) is 1.67. The first-order valence-electron chi connectivity index (χ1n) is 10.0. The number of nitrogens with zero attached hydrogens (tertiary/aromatic N) is 3. The van der Waals surface area contributed by atoms with Gasteiger partial charge in [-0.1, -0.05) is 30.3 Å². The molecule has 1 heterocycles. The van der Waals surface area contributed by atoms with Crippen LogP contribution in [-0.2, 0) is 0 Å². The molecule has 0 spiro atoms. The van der Waals surface area contributed by atoms with E-state index in [-0.39, 0.29) is 41.8 Å². The quantitative estimate of drug-likeness (QED) is 0.374. The van der Waals surface area contributed by atoms with Crippen LogP contribution < -0.4 is 10.2 Å². The average Bonchev–Trinajstić information content (AvgIpc) is 3.47. The van der Waals surface area contributed by atoms with Crippen molar-refractivity contribution in [2.75, 3.05) is 37.6 Å². The fraction of sp³-hybridized carbons (Fsp3) is 0.409. The minimum absolute atomic E-state index is 0. The van der Waals surface area contributed by atoms with Crippen LogP contribution in [0.3, 0.4) is 0 Å². The predicted molar refractivity (Wildman–Crippen MR) is 126 cm³/mol. The highest BCUT2D eigenvalue weighted by Crippen LogP contribution is 2.42. The third-order valence-corrected chi connectivity index (χ3v) is 5.52. The second kappa shape index (κ2) is 9.65. The van der Waals surface area contributed by atoms with Gasteiger partial charge in [-0.3, -0.25) is 4.99 Å². The molecule has 2 aromatic rings. The van der Waals surface area contributed by atoms with E-state index in [1.165, 1.54) is 6.07 Å². The fourth-order valence-corrected chi connectivity index (χ4v) is 3.92. The normalized spacial score (nSPS) is 21.5. The number of aliphatic imine (C=N–C) groups is 1. The van der Waals surface area contributed by atoms with Crippen molar-refractivity contribution in [2.45, 2.75) is 25.3 Å². The number of piperazine rings is 1. The summed E-state index contributed by atoms with van der Waals surface area (Å²) in [6.07, 6.45) is 0.932. The van der Waals surface area contributed by atoms with Crippen LogP contribution in [0.1, 0.15) is 24.8 Å². The summed E-state index contributed by atoms with van der Waals surface area (Å²) < 4.78 is 14.0. The topological polar surface area (TPSA) is 51.1 Å². The van der Waals surface area contributed by atoms with Crippen LogP contribution in [-0.4, -0.2) is 54.7 Å². The second-order valence-corrected chi connectivity index (χ2v) is 7.38. The van der Waals surface area contributed by atoms with Crippen LogP contribution in [0.15, 0.2) is 53.5 Å². The Kier molecular flexibility index (Phi) is 7.21. The van der Waals surface area contributed by atoms with E-state index in [0.29, 0.717) is 12.3 Å². The molecular formula is C22H28FIN4O. The maximum Gasteiger partial charge on any atom is 0.194 e. The number of phenolic OH excluding ortho intramolecular Hbond substituents is 1. The van der Waals surface area contributed by atoms with E-state index >= 15 is 0 Å². The van der Waals surface area contributed by atoms with Gasteiger partial charge >= 0.3 is 0 Å². The van der Waals surface area contributed by atoms with Gasteiger partial charge in [0.15, 0.2) is 5.96 Å². The molecule has 156 valence electrons. The summed E-state index contributed by atoms with van der Waals surface area (Å²) in [6, 6.07) is 14.7. The number of halogens is 2. The molecule has 2 atom stereocenters. The summed E-state index contributed by atoms with van der Waals surface area (Å²) in [5.74, 6) is 1.32. The molecular weight excluding hydrogens is 482 g/mol. The highest BCUT2D eigenvalue weighted by Gasteiger charge is 2.41. The van der Waals surface area contributed by atoms with Gasteiger partial charge in [0, 0.05) is 44.7 Å². The largest absolute Gasteiger partial charge is 0.506 e. The molecule has 2 aliphatic rings. The van der Waals surface area contributed by atoms with E-state index in [1.54, 1.807) is 12.1 Å². The van der Waals surface area contributed by atoms with Crippen molar-refractivity contribution in [2.24, 2.45) is 4.99 Å². The van der Waals surface area contributed by atoms with Gasteiger partial charge in [0.25, 0.3) is 0 Å². The molecule has 2 fully saturated rings. The molecule has 7 heteroatoms. The Balaban J connectivity index is 0.00000240. The van der Waals surface area contributed by atoms with Crippen LogP contribution in [0, 0.1) is 5.82 Å². The van der Waals surface area contributed by atoms with E-state index in [0.717, 1.165) is 49.8 Å². The third-order valence-electron chi connectivity index (χ3n) is 5.52. The molecule has 29 heavy (non-hydrogen) atoms. The minimum Gasteiger partial charge on any atom is -0.506 e. The average molecular weight is 510 g/mol. The first kappa shape index (κ1) is 21.7. The van der Waals surface area contributed by atoms with Gasteiger partial charge in [0.1, 0.15) is 11.6 Å². The SMILES string of the molecule is CCN=C(NC1CC1c1ccccc1F)N1CCN(c2ccccc2O)CC1.I. The van der Waals surface area contributed by atoms with Crippen LogP contribution >= 0.6 is 24.0 Å². The fourth-order valence-electron chi connectivity index (χ4n) is 3.92. The second-order valence-electron chi connectivity index (χ2n) is 7.38. The molecule has 1 saturated heterocycles. The smallest absolute Gasteiger partial charge is 0.194 e. The Morgan fingerprint density at radius 3 is 2.48 bits per heavy atom. The van der Waals surface area contributed by atoms with Gasteiger partial charge < -0.3 is 20.2 Å². The Hall–Kier alpha value is -2.03. The zero-order valence-corrected chi connectivity index (χ0v) is 18.9. The number of hydrogen-bond donors (Lipinski definition) is 2. The molecule has 1 aliphatic carbocycles. The van der Waals surface area contributed by atoms with Crippen LogP contribution in [0.4, 0.5) is 10.1 Å². The number of guanidine groups is 1. The summed E-state index contributed by atoms with van der Waals surface area (Å²) >= 11 is 0. The van der Waals surface area contributed by atoms with Gasteiger partial charge in [-0.25, -0.2) is 4.39 Å². The Bertz CT molecular complexity index is 854. The molecule has 2 aromatic carbocycles. The molecule has 0 bridgehead atoms. The van der Waals surface area contributed by atoms with Crippen molar-refractivity contribution in [3.8, 4) is 5.75 Å². The number of hydrogen-bond acceptors (Lipinski definition) is 3. The van der Waals surface area contributed by atoms with Crippen molar-refractivity contribution in [1.82, 2.24) is 10.2 Å². The first-order valence-corrected chi connectivity index (χ1v) is 10.0. The lowest BCUT2D eigenvalue weighted by Crippen LogP contribution is -2.53. The molecule has 5 nitrogen and oxygen atoms in total. The molecule has 1 saturated carbocycles. The predicted octanol–water partition coefficient (Wildman–Crippen LogP) is 3.79. The number of rotatable bonds is 4. The van der Waals surface area contributed by atoms with Crippen molar-refractivity contribution in [1.29, 1.82) is 0 Å². The summed E-state index contributed by atoms with van der Waals surface area (Å²) in [6.45, 7) is 6.04. The Labute approximate surface area is 188 Å². The molecule has 0 aromatic heterocycles. The van der Waals surface area contributed by atoms with Gasteiger partial charge in [-0.05, 0) is 37.1 Å². The molecule has 4 rings (SSSR count). The van der Waals surface area contributed by atoms with E-state index in [9.17, 15) is 9.50 Å². The molecule has 2 N–H and O–H groups in total. The standard InChI is InChI=1S/C22H27FN4O.HI/c1-2-24-22(25-19-15-17(19)16-7-3-4-8-18(16)23)27-13-11-26(12-14-27)20-9-5-6-10-21(20)28;/h3-10,17,19,28H,2,11-15H2,1H3,(H,24,25);1H. The summed E-state index contributed by atoms with van der Waals surface area (Å²) in [7, 11) is 0. The van der Waals surface area contributed by atoms with E-state index < -0.39 is 0 Å². The van der Waals surface area contributed by atoms with Crippen LogP contribution in [0.2, 0.25) is 0 Å². The number of aromatic hydroxyl groups is 1. The number of benzene rings is 2. The lowest BCUT2D eigenvalue weighted by atomic mass is 10.1. The van der Waals surface area contributed by atoms with Crippen molar-refractivity contribution in [3.05, 3.63) is 59.9 Å². The van der Waals surface area contributed by atoms with Crippen LogP contribution in [0.5, 0.6) is 5.75 Å². The molecule has 2 unspecified atom stereocenters. The first-order chi connectivity index (χ1) is 13.7. The van der Waals surface area contributed by atoms with Crippen molar-refractivity contribution >= 4 is 35.6 Å². The van der Waals surface area contributed by atoms with Crippen molar-refractivity contribution in [3.63, 3.8) is 0 Å². The van der Waals surface area contributed by atoms with Gasteiger partial charge in [0.05, 0.1) is 5.69 Å². The zero-order chi connectivity index (χ0) is 19.5. The van der Waals surface area contributed by atoms with Gasteiger partial charge in [-0.2, -0.15) is 0 Å². The number of phenols is 1. The van der Waals surface area contributed by atoms with Crippen LogP contribution in [0.25, 0.3) is 0 Å². The maximum atomic E-state index is 14.0. The zero-order valence-electron chi connectivity index (χ0n) is 16.6. The number of anilines is 1. The highest BCUT2D eigenvalue weighted by atomic mass is 127. The minimum atomic E-state index is -0.123. The number of para-hydroxylation sites is 2. The highest BCUT2D eigenvalue weighted by molar-refractivity contribution is 14.0.